The van der Waals surface area contributed by atoms with Gasteiger partial charge in [-0.1, -0.05) is 37.3 Å². The fourth-order valence-corrected chi connectivity index (χ4v) is 1.87. The Hall–Kier alpha value is -1.55. The van der Waals surface area contributed by atoms with E-state index in [1.54, 1.807) is 14.2 Å². The number of rotatable bonds is 6. The standard InChI is InChI=1S/C15H25N3O/c1-12(14-8-6-5-7-9-14)10-17-15(16-3)18-13(2)11-19-4/h5-9,12-13H,10-11H2,1-4H3,(H2,16,17,18). The van der Waals surface area contributed by atoms with Crippen molar-refractivity contribution < 1.29 is 4.74 Å². The molecule has 106 valence electrons. The lowest BCUT2D eigenvalue weighted by molar-refractivity contribution is 0.179. The van der Waals surface area contributed by atoms with E-state index in [0.717, 1.165) is 12.5 Å². The highest BCUT2D eigenvalue weighted by Crippen LogP contribution is 2.12. The third-order valence-corrected chi connectivity index (χ3v) is 2.97. The highest BCUT2D eigenvalue weighted by atomic mass is 16.5. The number of guanidine groups is 1. The van der Waals surface area contributed by atoms with Gasteiger partial charge in [0.15, 0.2) is 5.96 Å². The van der Waals surface area contributed by atoms with Crippen LogP contribution in [0.4, 0.5) is 0 Å². The van der Waals surface area contributed by atoms with Crippen LogP contribution in [-0.4, -0.2) is 39.3 Å². The van der Waals surface area contributed by atoms with Crippen molar-refractivity contribution in [2.75, 3.05) is 27.3 Å². The van der Waals surface area contributed by atoms with E-state index >= 15 is 0 Å². The molecular weight excluding hydrogens is 238 g/mol. The second-order valence-corrected chi connectivity index (χ2v) is 4.77. The summed E-state index contributed by atoms with van der Waals surface area (Å²) in [7, 11) is 3.48. The summed E-state index contributed by atoms with van der Waals surface area (Å²) in [4.78, 5) is 4.21. The van der Waals surface area contributed by atoms with E-state index in [0.29, 0.717) is 12.5 Å². The molecule has 1 aromatic carbocycles. The fourth-order valence-electron chi connectivity index (χ4n) is 1.87. The highest BCUT2D eigenvalue weighted by molar-refractivity contribution is 5.79. The van der Waals surface area contributed by atoms with Crippen molar-refractivity contribution in [1.29, 1.82) is 0 Å². The van der Waals surface area contributed by atoms with E-state index in [-0.39, 0.29) is 6.04 Å². The molecule has 0 heterocycles. The van der Waals surface area contributed by atoms with Gasteiger partial charge in [0.25, 0.3) is 0 Å². The van der Waals surface area contributed by atoms with E-state index in [9.17, 15) is 0 Å². The molecule has 0 fully saturated rings. The first-order valence-corrected chi connectivity index (χ1v) is 6.68. The summed E-state index contributed by atoms with van der Waals surface area (Å²) in [5, 5.41) is 6.63. The van der Waals surface area contributed by atoms with Crippen molar-refractivity contribution in [3.8, 4) is 0 Å². The molecule has 1 aromatic rings. The average molecular weight is 263 g/mol. The van der Waals surface area contributed by atoms with Gasteiger partial charge in [-0.15, -0.1) is 0 Å². The first-order valence-electron chi connectivity index (χ1n) is 6.68. The van der Waals surface area contributed by atoms with E-state index in [2.05, 4.69) is 53.7 Å². The summed E-state index contributed by atoms with van der Waals surface area (Å²) in [6, 6.07) is 10.7. The Bertz CT molecular complexity index is 378. The van der Waals surface area contributed by atoms with Gasteiger partial charge in [0.1, 0.15) is 0 Å². The van der Waals surface area contributed by atoms with Crippen LogP contribution in [0.15, 0.2) is 35.3 Å². The Kier molecular flexibility index (Phi) is 6.97. The fraction of sp³-hybridized carbons (Fsp3) is 0.533. The number of methoxy groups -OCH3 is 1. The lowest BCUT2D eigenvalue weighted by Crippen LogP contribution is -2.44. The van der Waals surface area contributed by atoms with Crippen molar-refractivity contribution in [2.24, 2.45) is 4.99 Å². The van der Waals surface area contributed by atoms with Gasteiger partial charge in [-0.05, 0) is 18.4 Å². The van der Waals surface area contributed by atoms with Crippen molar-refractivity contribution in [2.45, 2.75) is 25.8 Å². The van der Waals surface area contributed by atoms with Crippen LogP contribution in [0.1, 0.15) is 25.3 Å². The molecule has 19 heavy (non-hydrogen) atoms. The number of benzene rings is 1. The van der Waals surface area contributed by atoms with Crippen LogP contribution in [0.5, 0.6) is 0 Å². The second kappa shape index (κ2) is 8.53. The maximum absolute atomic E-state index is 5.10. The van der Waals surface area contributed by atoms with E-state index in [1.165, 1.54) is 5.56 Å². The van der Waals surface area contributed by atoms with Crippen LogP contribution in [0.25, 0.3) is 0 Å². The molecule has 0 spiro atoms. The van der Waals surface area contributed by atoms with Crippen LogP contribution in [0.3, 0.4) is 0 Å². The topological polar surface area (TPSA) is 45.7 Å². The quantitative estimate of drug-likeness (QED) is 0.609. The number of nitrogens with zero attached hydrogens (tertiary/aromatic N) is 1. The first kappa shape index (κ1) is 15.5. The van der Waals surface area contributed by atoms with Crippen LogP contribution in [0, 0.1) is 0 Å². The highest BCUT2D eigenvalue weighted by Gasteiger charge is 2.08. The SMILES string of the molecule is CN=C(NCC(C)c1ccccc1)NC(C)COC. The molecule has 0 aliphatic carbocycles. The minimum Gasteiger partial charge on any atom is -0.383 e. The maximum Gasteiger partial charge on any atom is 0.191 e. The zero-order valence-electron chi connectivity index (χ0n) is 12.3. The summed E-state index contributed by atoms with van der Waals surface area (Å²) >= 11 is 0. The molecule has 0 radical (unpaired) electrons. The Balaban J connectivity index is 2.41. The predicted octanol–water partition coefficient (Wildman–Crippen LogP) is 1.99. The molecule has 0 saturated carbocycles. The number of nitrogens with one attached hydrogen (secondary N) is 2. The average Bonchev–Trinajstić information content (AvgIpc) is 2.44. The largest absolute Gasteiger partial charge is 0.383 e. The molecular formula is C15H25N3O. The van der Waals surface area contributed by atoms with Gasteiger partial charge < -0.3 is 15.4 Å². The normalized spacial score (nSPS) is 14.8. The molecule has 4 heteroatoms. The molecule has 0 aromatic heterocycles. The Morgan fingerprint density at radius 1 is 1.26 bits per heavy atom. The molecule has 0 bridgehead atoms. The van der Waals surface area contributed by atoms with Gasteiger partial charge in [0.2, 0.25) is 0 Å². The van der Waals surface area contributed by atoms with Crippen molar-refractivity contribution in [3.05, 3.63) is 35.9 Å². The zero-order chi connectivity index (χ0) is 14.1. The summed E-state index contributed by atoms with van der Waals surface area (Å²) in [5.41, 5.74) is 1.33. The van der Waals surface area contributed by atoms with Crippen LogP contribution >= 0.6 is 0 Å². The Morgan fingerprint density at radius 2 is 1.95 bits per heavy atom. The molecule has 0 aliphatic heterocycles. The molecule has 0 saturated heterocycles. The lowest BCUT2D eigenvalue weighted by atomic mass is 10.0. The van der Waals surface area contributed by atoms with Crippen molar-refractivity contribution >= 4 is 5.96 Å². The molecule has 2 unspecified atom stereocenters. The minimum absolute atomic E-state index is 0.239. The van der Waals surface area contributed by atoms with Crippen LogP contribution in [-0.2, 0) is 4.74 Å². The molecule has 1 rings (SSSR count). The first-order chi connectivity index (χ1) is 9.17. The minimum atomic E-state index is 0.239. The van der Waals surface area contributed by atoms with Gasteiger partial charge in [0, 0.05) is 26.7 Å². The summed E-state index contributed by atoms with van der Waals surface area (Å²) in [6.07, 6.45) is 0. The number of hydrogen-bond donors (Lipinski definition) is 2. The van der Waals surface area contributed by atoms with Crippen molar-refractivity contribution in [3.63, 3.8) is 0 Å². The van der Waals surface area contributed by atoms with Gasteiger partial charge in [-0.2, -0.15) is 0 Å². The summed E-state index contributed by atoms with van der Waals surface area (Å²) in [6.45, 7) is 5.78. The van der Waals surface area contributed by atoms with Gasteiger partial charge >= 0.3 is 0 Å². The number of hydrogen-bond acceptors (Lipinski definition) is 2. The zero-order valence-corrected chi connectivity index (χ0v) is 12.3. The Labute approximate surface area is 116 Å². The molecule has 0 aliphatic rings. The van der Waals surface area contributed by atoms with Gasteiger partial charge in [-0.25, -0.2) is 0 Å². The summed E-state index contributed by atoms with van der Waals surface area (Å²) in [5.74, 6) is 1.25. The van der Waals surface area contributed by atoms with Gasteiger partial charge in [-0.3, -0.25) is 4.99 Å². The monoisotopic (exact) mass is 263 g/mol. The molecule has 0 amide bonds. The van der Waals surface area contributed by atoms with E-state index in [4.69, 9.17) is 4.74 Å². The molecule has 2 atom stereocenters. The second-order valence-electron chi connectivity index (χ2n) is 4.77. The van der Waals surface area contributed by atoms with Crippen molar-refractivity contribution in [1.82, 2.24) is 10.6 Å². The molecule has 2 N–H and O–H groups in total. The predicted molar refractivity (Wildman–Crippen MR) is 80.7 cm³/mol. The Morgan fingerprint density at radius 3 is 2.53 bits per heavy atom. The van der Waals surface area contributed by atoms with E-state index < -0.39 is 0 Å². The summed E-state index contributed by atoms with van der Waals surface area (Å²) < 4.78 is 5.10. The maximum atomic E-state index is 5.10. The third-order valence-electron chi connectivity index (χ3n) is 2.97. The van der Waals surface area contributed by atoms with Gasteiger partial charge in [0.05, 0.1) is 6.61 Å². The molecule has 4 nitrogen and oxygen atoms in total. The smallest absolute Gasteiger partial charge is 0.191 e. The lowest BCUT2D eigenvalue weighted by Gasteiger charge is -2.19. The van der Waals surface area contributed by atoms with E-state index in [1.807, 2.05) is 6.07 Å². The third kappa shape index (κ3) is 5.75. The number of ether oxygens (including phenoxy) is 1. The van der Waals surface area contributed by atoms with Crippen LogP contribution < -0.4 is 10.6 Å². The number of aliphatic imine (C=N–C) groups is 1. The van der Waals surface area contributed by atoms with Crippen LogP contribution in [0.2, 0.25) is 0 Å².